The summed E-state index contributed by atoms with van der Waals surface area (Å²) in [6, 6.07) is 6.38. The molecule has 0 amide bonds. The number of nitrogens with zero attached hydrogens (tertiary/aromatic N) is 2. The molecule has 1 aromatic carbocycles. The summed E-state index contributed by atoms with van der Waals surface area (Å²) in [4.78, 5) is 6.90. The smallest absolute Gasteiger partial charge is 0.191 e. The fourth-order valence-corrected chi connectivity index (χ4v) is 3.35. The second kappa shape index (κ2) is 10.3. The van der Waals surface area contributed by atoms with Gasteiger partial charge in [-0.1, -0.05) is 6.07 Å². The first-order chi connectivity index (χ1) is 12.2. The van der Waals surface area contributed by atoms with Gasteiger partial charge in [-0.3, -0.25) is 4.99 Å². The van der Waals surface area contributed by atoms with Crippen molar-refractivity contribution in [2.45, 2.75) is 51.2 Å². The normalized spacial score (nSPS) is 19.0. The minimum absolute atomic E-state index is 0. The van der Waals surface area contributed by atoms with Crippen molar-refractivity contribution in [3.8, 4) is 5.75 Å². The molecule has 26 heavy (non-hydrogen) atoms. The van der Waals surface area contributed by atoms with Gasteiger partial charge in [0, 0.05) is 38.8 Å². The molecule has 1 saturated carbocycles. The van der Waals surface area contributed by atoms with Gasteiger partial charge in [-0.15, -0.1) is 24.0 Å². The van der Waals surface area contributed by atoms with Crippen LogP contribution in [0.15, 0.2) is 23.2 Å². The van der Waals surface area contributed by atoms with E-state index in [0.717, 1.165) is 30.4 Å². The Labute approximate surface area is 172 Å². The number of likely N-dealkylation sites (tertiary alicyclic amines) is 1. The van der Waals surface area contributed by atoms with Gasteiger partial charge in [-0.05, 0) is 50.3 Å². The maximum Gasteiger partial charge on any atom is 0.191 e. The molecule has 1 aliphatic carbocycles. The number of guanidine groups is 1. The van der Waals surface area contributed by atoms with Crippen molar-refractivity contribution in [1.82, 2.24) is 15.5 Å². The molecule has 2 fully saturated rings. The summed E-state index contributed by atoms with van der Waals surface area (Å²) in [5.74, 6) is 0.756. The third-order valence-corrected chi connectivity index (χ3v) is 4.91. The summed E-state index contributed by atoms with van der Waals surface area (Å²) >= 11 is 0. The lowest BCUT2D eigenvalue weighted by Gasteiger charge is -2.33. The monoisotopic (exact) mass is 476 g/mol. The molecule has 0 radical (unpaired) electrons. The van der Waals surface area contributed by atoms with Crippen LogP contribution in [0.3, 0.4) is 0 Å². The van der Waals surface area contributed by atoms with Gasteiger partial charge >= 0.3 is 0 Å². The van der Waals surface area contributed by atoms with Gasteiger partial charge in [0.1, 0.15) is 0 Å². The van der Waals surface area contributed by atoms with Crippen LogP contribution in [0.1, 0.15) is 38.2 Å². The van der Waals surface area contributed by atoms with Gasteiger partial charge in [0.05, 0.1) is 6.61 Å². The van der Waals surface area contributed by atoms with Crippen molar-refractivity contribution in [2.75, 3.05) is 26.7 Å². The zero-order chi connectivity index (χ0) is 17.6. The topological polar surface area (TPSA) is 48.9 Å². The lowest BCUT2D eigenvalue weighted by atomic mass is 10.1. The molecule has 2 N–H and O–H groups in total. The van der Waals surface area contributed by atoms with Crippen molar-refractivity contribution in [2.24, 2.45) is 4.99 Å². The molecule has 5 nitrogen and oxygen atoms in total. The van der Waals surface area contributed by atoms with Crippen LogP contribution < -0.4 is 15.4 Å². The second-order valence-electron chi connectivity index (χ2n) is 6.81. The predicted octanol–water partition coefficient (Wildman–Crippen LogP) is 3.13. The summed E-state index contributed by atoms with van der Waals surface area (Å²) in [6.07, 6.45) is 5.05. The number of nitrogens with one attached hydrogen (secondary N) is 2. The number of hydrogen-bond donors (Lipinski definition) is 2. The fraction of sp³-hybridized carbons (Fsp3) is 0.632. The van der Waals surface area contributed by atoms with Gasteiger partial charge in [-0.2, -0.15) is 0 Å². The first kappa shape index (κ1) is 21.2. The number of halogens is 2. The van der Waals surface area contributed by atoms with Gasteiger partial charge < -0.3 is 20.3 Å². The Balaban J connectivity index is 0.00000243. The number of benzene rings is 1. The summed E-state index contributed by atoms with van der Waals surface area (Å²) in [5, 5.41) is 6.77. The molecule has 1 saturated heterocycles. The number of ether oxygens (including phenoxy) is 1. The van der Waals surface area contributed by atoms with Gasteiger partial charge in [0.15, 0.2) is 17.5 Å². The van der Waals surface area contributed by atoms with E-state index in [4.69, 9.17) is 4.74 Å². The number of rotatable bonds is 6. The highest BCUT2D eigenvalue weighted by Crippen LogP contribution is 2.29. The number of aliphatic imine (C=N–C) groups is 1. The third kappa shape index (κ3) is 5.97. The summed E-state index contributed by atoms with van der Waals surface area (Å²) < 4.78 is 19.2. The van der Waals surface area contributed by atoms with E-state index in [-0.39, 0.29) is 29.8 Å². The predicted molar refractivity (Wildman–Crippen MR) is 114 cm³/mol. The average molecular weight is 476 g/mol. The largest absolute Gasteiger partial charge is 0.491 e. The van der Waals surface area contributed by atoms with Crippen molar-refractivity contribution in [3.05, 3.63) is 29.6 Å². The lowest BCUT2D eigenvalue weighted by Crippen LogP contribution is -2.48. The van der Waals surface area contributed by atoms with Crippen LogP contribution in [-0.2, 0) is 6.54 Å². The molecule has 1 aliphatic heterocycles. The van der Waals surface area contributed by atoms with Crippen molar-refractivity contribution in [3.63, 3.8) is 0 Å². The Morgan fingerprint density at radius 2 is 2.00 bits per heavy atom. The first-order valence-electron chi connectivity index (χ1n) is 9.32. The Morgan fingerprint density at radius 1 is 1.27 bits per heavy atom. The summed E-state index contributed by atoms with van der Waals surface area (Å²) in [5.41, 5.74) is 0.868. The molecule has 2 aliphatic rings. The van der Waals surface area contributed by atoms with Crippen molar-refractivity contribution < 1.29 is 9.13 Å². The fourth-order valence-electron chi connectivity index (χ4n) is 3.35. The van der Waals surface area contributed by atoms with E-state index in [9.17, 15) is 4.39 Å². The van der Waals surface area contributed by atoms with E-state index in [1.54, 1.807) is 13.1 Å². The van der Waals surface area contributed by atoms with E-state index >= 15 is 0 Å². The zero-order valence-electron chi connectivity index (χ0n) is 15.6. The Kier molecular flexibility index (Phi) is 8.40. The molecule has 0 spiro atoms. The highest BCUT2D eigenvalue weighted by atomic mass is 127. The second-order valence-corrected chi connectivity index (χ2v) is 6.81. The van der Waals surface area contributed by atoms with Crippen LogP contribution in [0.25, 0.3) is 0 Å². The average Bonchev–Trinajstić information content (AvgIpc) is 3.46. The van der Waals surface area contributed by atoms with E-state index in [2.05, 4.69) is 20.5 Å². The van der Waals surface area contributed by atoms with E-state index in [0.29, 0.717) is 24.9 Å². The first-order valence-corrected chi connectivity index (χ1v) is 9.32. The quantitative estimate of drug-likeness (QED) is 0.377. The molecular weight excluding hydrogens is 446 g/mol. The molecule has 0 aromatic heterocycles. The van der Waals surface area contributed by atoms with Crippen LogP contribution >= 0.6 is 24.0 Å². The zero-order valence-corrected chi connectivity index (χ0v) is 18.0. The Hall–Kier alpha value is -1.09. The third-order valence-electron chi connectivity index (χ3n) is 4.91. The molecule has 7 heteroatoms. The molecule has 3 rings (SSSR count). The number of hydrogen-bond acceptors (Lipinski definition) is 3. The van der Waals surface area contributed by atoms with E-state index in [1.807, 2.05) is 13.0 Å². The van der Waals surface area contributed by atoms with Gasteiger partial charge in [0.25, 0.3) is 0 Å². The lowest BCUT2D eigenvalue weighted by molar-refractivity contribution is 0.197. The molecule has 1 aromatic rings. The van der Waals surface area contributed by atoms with Crippen LogP contribution in [0.2, 0.25) is 0 Å². The van der Waals surface area contributed by atoms with Gasteiger partial charge in [-0.25, -0.2) is 4.39 Å². The van der Waals surface area contributed by atoms with Crippen LogP contribution in [0, 0.1) is 5.82 Å². The summed E-state index contributed by atoms with van der Waals surface area (Å²) in [6.45, 7) is 5.18. The Bertz CT molecular complexity index is 601. The molecule has 1 heterocycles. The standard InChI is InChI=1S/C19H29FN4O.HI/c1-3-25-18-7-4-14(12-17(18)20)13-22-19(21-2)23-15-8-10-24(11-9-15)16-5-6-16;/h4,7,12,15-16H,3,5-6,8-11,13H2,1-2H3,(H2,21,22,23);1H. The molecular formula is C19H30FIN4O. The highest BCUT2D eigenvalue weighted by Gasteiger charge is 2.31. The molecule has 0 bridgehead atoms. The van der Waals surface area contributed by atoms with Crippen LogP contribution in [-0.4, -0.2) is 49.7 Å². The minimum Gasteiger partial charge on any atom is -0.491 e. The number of piperidine rings is 1. The van der Waals surface area contributed by atoms with Crippen LogP contribution in [0.5, 0.6) is 5.75 Å². The maximum absolute atomic E-state index is 13.9. The van der Waals surface area contributed by atoms with Crippen molar-refractivity contribution in [1.29, 1.82) is 0 Å². The summed E-state index contributed by atoms with van der Waals surface area (Å²) in [7, 11) is 1.77. The maximum atomic E-state index is 13.9. The molecule has 0 unspecified atom stereocenters. The SMILES string of the molecule is CCOc1ccc(CNC(=NC)NC2CCN(C3CC3)CC2)cc1F.I. The highest BCUT2D eigenvalue weighted by molar-refractivity contribution is 14.0. The minimum atomic E-state index is -0.323. The molecule has 146 valence electrons. The van der Waals surface area contributed by atoms with E-state index < -0.39 is 0 Å². The van der Waals surface area contributed by atoms with E-state index in [1.165, 1.54) is 32.0 Å². The Morgan fingerprint density at radius 3 is 2.58 bits per heavy atom. The van der Waals surface area contributed by atoms with Crippen molar-refractivity contribution >= 4 is 29.9 Å². The molecule has 0 atom stereocenters. The van der Waals surface area contributed by atoms with Crippen LogP contribution in [0.4, 0.5) is 4.39 Å². The van der Waals surface area contributed by atoms with Gasteiger partial charge in [0.2, 0.25) is 0 Å².